The topological polar surface area (TPSA) is 355 Å². The quantitative estimate of drug-likeness (QED) is 0.0272. The summed E-state index contributed by atoms with van der Waals surface area (Å²) in [5, 5.41) is 22.9. The molecule has 2 atom stereocenters. The molecule has 26 nitrogen and oxygen atoms in total. The number of benzene rings is 2. The molecular weight excluding hydrogens is 1010 g/mol. The Kier molecular flexibility index (Phi) is 17.2. The van der Waals surface area contributed by atoms with Crippen LogP contribution in [0.5, 0.6) is 11.5 Å². The first-order chi connectivity index (χ1) is 36.2. The van der Waals surface area contributed by atoms with Crippen LogP contribution in [0.1, 0.15) is 86.2 Å². The monoisotopic (exact) mass is 1070 g/mol. The van der Waals surface area contributed by atoms with Crippen molar-refractivity contribution in [2.45, 2.75) is 84.4 Å². The molecule has 7 amide bonds. The van der Waals surface area contributed by atoms with Gasteiger partial charge in [0.15, 0.2) is 0 Å². The number of thioether (sulfide) groups is 1. The van der Waals surface area contributed by atoms with E-state index in [-0.39, 0.29) is 109 Å². The molecular formula is C49H59N15O11S. The second-order valence-corrected chi connectivity index (χ2v) is 18.9. The summed E-state index contributed by atoms with van der Waals surface area (Å²) in [5.41, 5.74) is 20.4. The highest BCUT2D eigenvalue weighted by molar-refractivity contribution is 8.00. The number of aromatic nitrogens is 8. The standard InChI is InChI=1S/C49H59N15O11S/c1-7-63-33(18-26(3)57-63)44(69)55-48-53-31-20-28(42(51)67)22-35(74-6)40(31)61(48)14-9-10-15-62-41-32(54-49(62)56-45(70)34-19-27(4)58-64(34)8-2)21-29(43(52)68)23-36(41)75-17-11-13-59(5)38(65)12-16-60-39(66)24-37(46(60)71)76-25-30(50)47(72)73/h9-10,18-23,30,37H,7-8,11-17,24-25,50H2,1-6H3,(H2,51,67)(H2,52,68)(H,72,73)(H,53,55,69)(H,54,56,70)/b10-9+. The fourth-order valence-electron chi connectivity index (χ4n) is 8.50. The highest BCUT2D eigenvalue weighted by Crippen LogP contribution is 2.34. The van der Waals surface area contributed by atoms with Gasteiger partial charge in [-0.1, -0.05) is 12.2 Å². The van der Waals surface area contributed by atoms with Gasteiger partial charge < -0.3 is 45.8 Å². The number of carbonyl (C=O) groups excluding carboxylic acids is 7. The van der Waals surface area contributed by atoms with Crippen LogP contribution < -0.4 is 37.3 Å². The Labute approximate surface area is 438 Å². The number of hydrogen-bond donors (Lipinski definition) is 6. The van der Waals surface area contributed by atoms with Crippen molar-refractivity contribution in [3.63, 3.8) is 0 Å². The molecule has 402 valence electrons. The van der Waals surface area contributed by atoms with Crippen molar-refractivity contribution in [3.05, 3.63) is 82.5 Å². The number of carboxylic acid groups (broad SMARTS) is 1. The molecule has 0 bridgehead atoms. The number of aliphatic carboxylic acids is 1. The molecule has 1 aliphatic rings. The molecule has 9 N–H and O–H groups in total. The van der Waals surface area contributed by atoms with Crippen molar-refractivity contribution in [1.29, 1.82) is 0 Å². The Morgan fingerprint density at radius 1 is 0.829 bits per heavy atom. The molecule has 0 radical (unpaired) electrons. The van der Waals surface area contributed by atoms with E-state index in [1.807, 2.05) is 13.8 Å². The fraction of sp³-hybridized carbons (Fsp3) is 0.388. The van der Waals surface area contributed by atoms with Crippen LogP contribution in [0.2, 0.25) is 0 Å². The van der Waals surface area contributed by atoms with Crippen molar-refractivity contribution < 1.29 is 52.9 Å². The Bertz CT molecular complexity index is 3300. The number of nitrogens with zero attached hydrogens (tertiary/aromatic N) is 10. The number of fused-ring (bicyclic) bond motifs is 2. The van der Waals surface area contributed by atoms with Gasteiger partial charge in [0.25, 0.3) is 11.8 Å². The number of ether oxygens (including phenoxy) is 2. The summed E-state index contributed by atoms with van der Waals surface area (Å²) < 4.78 is 18.5. The molecule has 76 heavy (non-hydrogen) atoms. The van der Waals surface area contributed by atoms with Crippen LogP contribution in [-0.4, -0.2) is 152 Å². The minimum Gasteiger partial charge on any atom is -0.494 e. The van der Waals surface area contributed by atoms with E-state index in [0.29, 0.717) is 46.7 Å². The van der Waals surface area contributed by atoms with Crippen LogP contribution in [0, 0.1) is 13.8 Å². The lowest BCUT2D eigenvalue weighted by Gasteiger charge is -2.20. The van der Waals surface area contributed by atoms with E-state index in [1.54, 1.807) is 63.7 Å². The number of aryl methyl sites for hydroxylation is 4. The number of carboxylic acids is 1. The smallest absolute Gasteiger partial charge is 0.321 e. The van der Waals surface area contributed by atoms with Crippen LogP contribution in [0.4, 0.5) is 11.9 Å². The number of nitrogens with one attached hydrogen (secondary N) is 2. The minimum atomic E-state index is -1.22. The maximum Gasteiger partial charge on any atom is 0.321 e. The number of carbonyl (C=O) groups is 8. The number of likely N-dealkylation sites (tertiary alicyclic amines) is 1. The molecule has 0 aliphatic carbocycles. The zero-order valence-corrected chi connectivity index (χ0v) is 43.5. The SMILES string of the molecule is CCn1nc(C)cc1C(=O)Nc1nc2cc(C(N)=O)cc(OC)c2n1C/C=C/Cn1c(NC(=O)c2cc(C)nn2CC)nc2cc(C(N)=O)cc(OCCCN(C)C(=O)CCN3C(=O)CC(SCC(N)C(=O)O)C3=O)c21. The van der Waals surface area contributed by atoms with Gasteiger partial charge in [0, 0.05) is 76.0 Å². The molecule has 1 aliphatic heterocycles. The zero-order valence-electron chi connectivity index (χ0n) is 42.7. The number of hydrogen-bond acceptors (Lipinski definition) is 16. The van der Waals surface area contributed by atoms with E-state index >= 15 is 0 Å². The highest BCUT2D eigenvalue weighted by atomic mass is 32.2. The van der Waals surface area contributed by atoms with E-state index in [1.165, 1.54) is 36.3 Å². The number of allylic oxidation sites excluding steroid dienone is 2. The van der Waals surface area contributed by atoms with Crippen LogP contribution in [0.15, 0.2) is 48.6 Å². The predicted octanol–water partition coefficient (Wildman–Crippen LogP) is 2.29. The molecule has 5 heterocycles. The summed E-state index contributed by atoms with van der Waals surface area (Å²) in [6.07, 6.45) is 3.57. The average molecular weight is 1070 g/mol. The van der Waals surface area contributed by atoms with Gasteiger partial charge in [0.05, 0.1) is 41.4 Å². The Balaban J connectivity index is 1.14. The maximum atomic E-state index is 13.9. The number of primary amides is 2. The van der Waals surface area contributed by atoms with Gasteiger partial charge in [-0.2, -0.15) is 10.2 Å². The van der Waals surface area contributed by atoms with E-state index in [4.69, 9.17) is 36.8 Å². The number of methoxy groups -OCH3 is 1. The second-order valence-electron chi connectivity index (χ2n) is 17.7. The first-order valence-electron chi connectivity index (χ1n) is 24.1. The van der Waals surface area contributed by atoms with Gasteiger partial charge in [-0.3, -0.25) is 63.3 Å². The van der Waals surface area contributed by atoms with Gasteiger partial charge in [0.2, 0.25) is 41.4 Å². The number of imidazole rings is 2. The Morgan fingerprint density at radius 2 is 1.34 bits per heavy atom. The molecule has 0 spiro atoms. The highest BCUT2D eigenvalue weighted by Gasteiger charge is 2.39. The zero-order chi connectivity index (χ0) is 55.1. The molecule has 4 aromatic heterocycles. The maximum absolute atomic E-state index is 13.9. The van der Waals surface area contributed by atoms with Gasteiger partial charge in [-0.25, -0.2) is 9.97 Å². The van der Waals surface area contributed by atoms with Crippen LogP contribution in [0.3, 0.4) is 0 Å². The van der Waals surface area contributed by atoms with Crippen LogP contribution >= 0.6 is 11.8 Å². The van der Waals surface area contributed by atoms with Crippen molar-refractivity contribution in [1.82, 2.24) is 48.5 Å². The first kappa shape index (κ1) is 55.2. The third-order valence-electron chi connectivity index (χ3n) is 12.3. The fourth-order valence-corrected chi connectivity index (χ4v) is 9.61. The first-order valence-corrected chi connectivity index (χ1v) is 25.2. The normalized spacial score (nSPS) is 14.0. The second kappa shape index (κ2) is 23.7. The molecule has 1 fully saturated rings. The summed E-state index contributed by atoms with van der Waals surface area (Å²) in [4.78, 5) is 114. The molecule has 7 rings (SSSR count). The molecule has 1 saturated heterocycles. The molecule has 2 aromatic carbocycles. The van der Waals surface area contributed by atoms with Crippen molar-refractivity contribution in [2.75, 3.05) is 50.2 Å². The molecule has 6 aromatic rings. The molecule has 0 saturated carbocycles. The lowest BCUT2D eigenvalue weighted by Crippen LogP contribution is -2.37. The minimum absolute atomic E-state index is 0.0210. The number of imide groups is 1. The van der Waals surface area contributed by atoms with Crippen molar-refractivity contribution in [3.8, 4) is 11.5 Å². The lowest BCUT2D eigenvalue weighted by atomic mass is 10.1. The summed E-state index contributed by atoms with van der Waals surface area (Å²) in [5.74, 6) is -4.42. The van der Waals surface area contributed by atoms with Gasteiger partial charge in [-0.05, 0) is 70.5 Å². The summed E-state index contributed by atoms with van der Waals surface area (Å²) in [6, 6.07) is 8.01. The predicted molar refractivity (Wildman–Crippen MR) is 279 cm³/mol. The molecule has 27 heteroatoms. The summed E-state index contributed by atoms with van der Waals surface area (Å²) in [7, 11) is 2.99. The third kappa shape index (κ3) is 12.2. The van der Waals surface area contributed by atoms with E-state index in [0.717, 1.165) is 16.7 Å². The lowest BCUT2D eigenvalue weighted by molar-refractivity contribution is -0.140. The number of amides is 7. The summed E-state index contributed by atoms with van der Waals surface area (Å²) in [6.45, 7) is 8.28. The summed E-state index contributed by atoms with van der Waals surface area (Å²) >= 11 is 0.992. The van der Waals surface area contributed by atoms with Crippen LogP contribution in [0.25, 0.3) is 22.1 Å². The van der Waals surface area contributed by atoms with Crippen molar-refractivity contribution >= 4 is 93.0 Å². The van der Waals surface area contributed by atoms with Crippen molar-refractivity contribution in [2.24, 2.45) is 17.2 Å². The number of nitrogens with two attached hydrogens (primary N) is 3. The number of rotatable bonds is 25. The number of anilines is 2. The van der Waals surface area contributed by atoms with E-state index < -0.39 is 52.7 Å². The average Bonchev–Trinajstić information content (AvgIpc) is 4.20. The van der Waals surface area contributed by atoms with Gasteiger partial charge in [-0.15, -0.1) is 11.8 Å². The van der Waals surface area contributed by atoms with E-state index in [9.17, 15) is 38.4 Å². The van der Waals surface area contributed by atoms with Crippen LogP contribution in [-0.2, 0) is 45.4 Å². The van der Waals surface area contributed by atoms with E-state index in [2.05, 4.69) is 25.8 Å². The third-order valence-corrected chi connectivity index (χ3v) is 13.7. The van der Waals surface area contributed by atoms with Gasteiger partial charge >= 0.3 is 5.97 Å². The largest absolute Gasteiger partial charge is 0.494 e. The molecule has 2 unspecified atom stereocenters. The Hall–Kier alpha value is -8.59. The van der Waals surface area contributed by atoms with Gasteiger partial charge in [0.1, 0.15) is 40.0 Å². The Morgan fingerprint density at radius 3 is 1.83 bits per heavy atom.